The summed E-state index contributed by atoms with van der Waals surface area (Å²) < 4.78 is 0. The van der Waals surface area contributed by atoms with E-state index >= 15 is 0 Å². The average Bonchev–Trinajstić information content (AvgIpc) is 2.84. The third kappa shape index (κ3) is 1.87. The summed E-state index contributed by atoms with van der Waals surface area (Å²) in [6.07, 6.45) is 0.306. The van der Waals surface area contributed by atoms with Crippen LogP contribution >= 0.6 is 0 Å². The summed E-state index contributed by atoms with van der Waals surface area (Å²) in [5, 5.41) is 11.6. The normalized spacial score (nSPS) is 19.4. The lowest BCUT2D eigenvalue weighted by Gasteiger charge is -2.16. The third-order valence-electron chi connectivity index (χ3n) is 3.47. The Kier molecular flexibility index (Phi) is 2.76. The summed E-state index contributed by atoms with van der Waals surface area (Å²) in [6, 6.07) is 13.6. The van der Waals surface area contributed by atoms with Crippen LogP contribution in [0.15, 0.2) is 42.5 Å². The zero-order valence-corrected chi connectivity index (χ0v) is 10.0. The predicted molar refractivity (Wildman–Crippen MR) is 70.5 cm³/mol. The standard InChI is InChI=1S/C15H15NO2/c17-12-8-9-16(10-12)15(18)14-7-3-5-11-4-1-2-6-13(11)14/h1-7,12,17H,8-10H2/t12-/m1/s1. The van der Waals surface area contributed by atoms with Gasteiger partial charge in [0.05, 0.1) is 6.10 Å². The van der Waals surface area contributed by atoms with Gasteiger partial charge in [0.2, 0.25) is 0 Å². The van der Waals surface area contributed by atoms with Crippen LogP contribution in [-0.4, -0.2) is 35.1 Å². The average molecular weight is 241 g/mol. The van der Waals surface area contributed by atoms with Crippen molar-refractivity contribution >= 4 is 16.7 Å². The zero-order chi connectivity index (χ0) is 12.5. The van der Waals surface area contributed by atoms with Crippen LogP contribution in [0, 0.1) is 0 Å². The Bertz CT molecular complexity index is 589. The fourth-order valence-corrected chi connectivity index (χ4v) is 2.51. The molecule has 2 aromatic rings. The van der Waals surface area contributed by atoms with Gasteiger partial charge in [0.1, 0.15) is 0 Å². The van der Waals surface area contributed by atoms with Gasteiger partial charge in [-0.3, -0.25) is 4.79 Å². The highest BCUT2D eigenvalue weighted by atomic mass is 16.3. The highest BCUT2D eigenvalue weighted by molar-refractivity contribution is 6.07. The molecule has 0 radical (unpaired) electrons. The molecule has 18 heavy (non-hydrogen) atoms. The van der Waals surface area contributed by atoms with Gasteiger partial charge in [-0.15, -0.1) is 0 Å². The van der Waals surface area contributed by atoms with Crippen molar-refractivity contribution in [2.24, 2.45) is 0 Å². The van der Waals surface area contributed by atoms with Crippen LogP contribution in [0.1, 0.15) is 16.8 Å². The number of carbonyl (C=O) groups excluding carboxylic acids is 1. The van der Waals surface area contributed by atoms with E-state index in [9.17, 15) is 9.90 Å². The SMILES string of the molecule is O=C(c1cccc2ccccc12)N1CC[C@@H](O)C1. The molecule has 2 aromatic carbocycles. The van der Waals surface area contributed by atoms with Gasteiger partial charge in [0.15, 0.2) is 0 Å². The first-order valence-electron chi connectivity index (χ1n) is 6.21. The molecule has 1 saturated heterocycles. The number of hydrogen-bond acceptors (Lipinski definition) is 2. The topological polar surface area (TPSA) is 40.5 Å². The van der Waals surface area contributed by atoms with Gasteiger partial charge in [0.25, 0.3) is 5.91 Å². The van der Waals surface area contributed by atoms with Crippen LogP contribution in [0.4, 0.5) is 0 Å². The second-order valence-corrected chi connectivity index (χ2v) is 4.72. The van der Waals surface area contributed by atoms with Crippen LogP contribution in [0.2, 0.25) is 0 Å². The molecular weight excluding hydrogens is 226 g/mol. The number of benzene rings is 2. The molecule has 1 amide bonds. The van der Waals surface area contributed by atoms with Gasteiger partial charge in [-0.2, -0.15) is 0 Å². The molecule has 1 N–H and O–H groups in total. The molecule has 3 rings (SSSR count). The van der Waals surface area contributed by atoms with Crippen LogP contribution in [0.5, 0.6) is 0 Å². The van der Waals surface area contributed by atoms with E-state index in [1.807, 2.05) is 42.5 Å². The Morgan fingerprint density at radius 1 is 1.17 bits per heavy atom. The molecule has 0 unspecified atom stereocenters. The van der Waals surface area contributed by atoms with E-state index < -0.39 is 0 Å². The lowest BCUT2D eigenvalue weighted by Crippen LogP contribution is -2.29. The summed E-state index contributed by atoms with van der Waals surface area (Å²) in [5.74, 6) is 0.0170. The van der Waals surface area contributed by atoms with Crippen LogP contribution in [0.3, 0.4) is 0 Å². The summed E-state index contributed by atoms with van der Waals surface area (Å²) in [4.78, 5) is 14.1. The lowest BCUT2D eigenvalue weighted by atomic mass is 10.0. The van der Waals surface area contributed by atoms with E-state index in [1.54, 1.807) is 4.90 Å². The van der Waals surface area contributed by atoms with Gasteiger partial charge in [-0.1, -0.05) is 36.4 Å². The third-order valence-corrected chi connectivity index (χ3v) is 3.47. The monoisotopic (exact) mass is 241 g/mol. The van der Waals surface area contributed by atoms with Crippen molar-refractivity contribution in [2.45, 2.75) is 12.5 Å². The molecule has 1 atom stereocenters. The maximum Gasteiger partial charge on any atom is 0.254 e. The minimum Gasteiger partial charge on any atom is -0.391 e. The first kappa shape index (κ1) is 11.2. The summed E-state index contributed by atoms with van der Waals surface area (Å²) in [5.41, 5.74) is 0.724. The maximum absolute atomic E-state index is 12.4. The second kappa shape index (κ2) is 4.42. The van der Waals surface area contributed by atoms with Crippen molar-refractivity contribution in [1.29, 1.82) is 0 Å². The van der Waals surface area contributed by atoms with Crippen LogP contribution in [-0.2, 0) is 0 Å². The number of hydrogen-bond donors (Lipinski definition) is 1. The van der Waals surface area contributed by atoms with Gasteiger partial charge in [0, 0.05) is 18.7 Å². The number of amides is 1. The van der Waals surface area contributed by atoms with E-state index in [1.165, 1.54) is 0 Å². The van der Waals surface area contributed by atoms with Gasteiger partial charge in [-0.05, 0) is 23.3 Å². The van der Waals surface area contributed by atoms with Gasteiger partial charge >= 0.3 is 0 Å². The lowest BCUT2D eigenvalue weighted by molar-refractivity contribution is 0.0767. The number of aliphatic hydroxyl groups is 1. The summed E-state index contributed by atoms with van der Waals surface area (Å²) in [6.45, 7) is 1.09. The highest BCUT2D eigenvalue weighted by Crippen LogP contribution is 2.21. The van der Waals surface area contributed by atoms with E-state index in [2.05, 4.69) is 0 Å². The fourth-order valence-electron chi connectivity index (χ4n) is 2.51. The Balaban J connectivity index is 2.01. The number of β-amino-alcohol motifs (C(OH)–C–C–N with tert-alkyl or cyclic N) is 1. The molecule has 1 fully saturated rings. The molecule has 1 aliphatic rings. The van der Waals surface area contributed by atoms with Gasteiger partial charge < -0.3 is 10.0 Å². The predicted octanol–water partition coefficient (Wildman–Crippen LogP) is 2.05. The van der Waals surface area contributed by atoms with Crippen LogP contribution < -0.4 is 0 Å². The zero-order valence-electron chi connectivity index (χ0n) is 10.0. The number of nitrogens with zero attached hydrogens (tertiary/aromatic N) is 1. The minimum atomic E-state index is -0.371. The number of fused-ring (bicyclic) bond motifs is 1. The molecule has 92 valence electrons. The first-order chi connectivity index (χ1) is 8.75. The molecule has 3 heteroatoms. The smallest absolute Gasteiger partial charge is 0.254 e. The molecule has 0 saturated carbocycles. The molecule has 0 spiro atoms. The molecule has 1 aliphatic heterocycles. The van der Waals surface area contributed by atoms with Crippen molar-refractivity contribution in [3.05, 3.63) is 48.0 Å². The molecule has 3 nitrogen and oxygen atoms in total. The Labute approximate surface area is 106 Å². The maximum atomic E-state index is 12.4. The molecular formula is C15H15NO2. The number of carbonyl (C=O) groups is 1. The Hall–Kier alpha value is -1.87. The first-order valence-corrected chi connectivity index (χ1v) is 6.21. The number of aliphatic hydroxyl groups excluding tert-OH is 1. The second-order valence-electron chi connectivity index (χ2n) is 4.72. The van der Waals surface area contributed by atoms with Crippen molar-refractivity contribution in [1.82, 2.24) is 4.90 Å². The molecule has 1 heterocycles. The Morgan fingerprint density at radius 2 is 1.94 bits per heavy atom. The quantitative estimate of drug-likeness (QED) is 0.830. The largest absolute Gasteiger partial charge is 0.391 e. The minimum absolute atomic E-state index is 0.0170. The number of rotatable bonds is 1. The van der Waals surface area contributed by atoms with E-state index in [4.69, 9.17) is 0 Å². The van der Waals surface area contributed by atoms with Crippen molar-refractivity contribution in [2.75, 3.05) is 13.1 Å². The molecule has 0 aromatic heterocycles. The number of likely N-dealkylation sites (tertiary alicyclic amines) is 1. The highest BCUT2D eigenvalue weighted by Gasteiger charge is 2.26. The van der Waals surface area contributed by atoms with E-state index in [0.717, 1.165) is 16.3 Å². The van der Waals surface area contributed by atoms with Crippen molar-refractivity contribution in [3.8, 4) is 0 Å². The molecule has 0 bridgehead atoms. The van der Waals surface area contributed by atoms with Crippen molar-refractivity contribution < 1.29 is 9.90 Å². The summed E-state index contributed by atoms with van der Waals surface area (Å²) >= 11 is 0. The van der Waals surface area contributed by atoms with E-state index in [0.29, 0.717) is 19.5 Å². The van der Waals surface area contributed by atoms with Gasteiger partial charge in [-0.25, -0.2) is 0 Å². The summed E-state index contributed by atoms with van der Waals surface area (Å²) in [7, 11) is 0. The van der Waals surface area contributed by atoms with E-state index in [-0.39, 0.29) is 12.0 Å². The Morgan fingerprint density at radius 3 is 2.72 bits per heavy atom. The van der Waals surface area contributed by atoms with Crippen molar-refractivity contribution in [3.63, 3.8) is 0 Å². The molecule has 0 aliphatic carbocycles. The fraction of sp³-hybridized carbons (Fsp3) is 0.267. The van der Waals surface area contributed by atoms with Crippen LogP contribution in [0.25, 0.3) is 10.8 Å².